The summed E-state index contributed by atoms with van der Waals surface area (Å²) < 4.78 is 14.9. The van der Waals surface area contributed by atoms with Crippen LogP contribution in [0.3, 0.4) is 0 Å². The lowest BCUT2D eigenvalue weighted by Gasteiger charge is -1.91. The maximum atomic E-state index is 7.12. The van der Waals surface area contributed by atoms with E-state index >= 15 is 0 Å². The number of alkyl halides is 1. The van der Waals surface area contributed by atoms with Crippen molar-refractivity contribution in [2.24, 2.45) is 0 Å². The van der Waals surface area contributed by atoms with Gasteiger partial charge in [0.2, 0.25) is 0 Å². The van der Waals surface area contributed by atoms with Gasteiger partial charge in [0.1, 0.15) is 4.60 Å². The highest BCUT2D eigenvalue weighted by Gasteiger charge is 1.88. The average molecular weight is 208 g/mol. The highest BCUT2D eigenvalue weighted by Crippen LogP contribution is 2.07. The van der Waals surface area contributed by atoms with Gasteiger partial charge < -0.3 is 0 Å². The third-order valence-corrected chi connectivity index (χ3v) is 1.52. The van der Waals surface area contributed by atoms with E-state index in [9.17, 15) is 0 Å². The molecule has 1 aromatic heterocycles. The molecule has 0 unspecified atom stereocenters. The number of aromatic nitrogens is 1. The Balaban J connectivity index is 2.99. The fraction of sp³-hybridized carbons (Fsp3) is 0.167. The van der Waals surface area contributed by atoms with Crippen LogP contribution in [0, 0.1) is 0 Å². The Bertz CT molecular complexity index is 244. The highest BCUT2D eigenvalue weighted by molar-refractivity contribution is 9.10. The van der Waals surface area contributed by atoms with Crippen molar-refractivity contribution in [3.05, 3.63) is 28.5 Å². The van der Waals surface area contributed by atoms with Crippen LogP contribution in [0.25, 0.3) is 0 Å². The molecule has 0 fully saturated rings. The lowest BCUT2D eigenvalue weighted by atomic mass is 10.3. The van der Waals surface area contributed by atoms with Crippen LogP contribution in [-0.2, 0) is 5.83 Å². The summed E-state index contributed by atoms with van der Waals surface area (Å²) in [4.78, 5) is 3.84. The molecule has 1 rings (SSSR count). The molecule has 9 heavy (non-hydrogen) atoms. The molecular weight excluding hydrogens is 201 g/mol. The first-order chi connectivity index (χ1) is 5.00. The van der Waals surface area contributed by atoms with Gasteiger partial charge in [-0.15, -0.1) is 11.6 Å². The van der Waals surface area contributed by atoms with Crippen LogP contribution >= 0.6 is 27.5 Å². The quantitative estimate of drug-likeness (QED) is 0.511. The first-order valence-corrected chi connectivity index (χ1v) is 3.48. The van der Waals surface area contributed by atoms with Crippen molar-refractivity contribution in [3.63, 3.8) is 0 Å². The van der Waals surface area contributed by atoms with Crippen molar-refractivity contribution < 1.29 is 2.74 Å². The Morgan fingerprint density at radius 1 is 1.78 bits per heavy atom. The van der Waals surface area contributed by atoms with Crippen molar-refractivity contribution in [3.8, 4) is 0 Å². The minimum atomic E-state index is -1.83. The van der Waals surface area contributed by atoms with Gasteiger partial charge in [-0.05, 0) is 27.6 Å². The molecule has 0 saturated carbocycles. The first-order valence-electron chi connectivity index (χ1n) is 3.31. The van der Waals surface area contributed by atoms with Gasteiger partial charge in [0.15, 0.2) is 0 Å². The van der Waals surface area contributed by atoms with Crippen molar-refractivity contribution in [1.29, 1.82) is 0 Å². The monoisotopic (exact) mass is 207 g/mol. The summed E-state index contributed by atoms with van der Waals surface area (Å²) in [6.45, 7) is 0. The number of hydrogen-bond donors (Lipinski definition) is 0. The van der Waals surface area contributed by atoms with Crippen molar-refractivity contribution in [2.45, 2.75) is 5.83 Å². The molecule has 0 aliphatic carbocycles. The summed E-state index contributed by atoms with van der Waals surface area (Å²) >= 11 is 8.52. The van der Waals surface area contributed by atoms with Gasteiger partial charge in [-0.2, -0.15) is 0 Å². The van der Waals surface area contributed by atoms with Crippen LogP contribution in [0.4, 0.5) is 0 Å². The number of halogens is 2. The Hall–Kier alpha value is -0.0800. The Morgan fingerprint density at radius 3 is 3.00 bits per heavy atom. The summed E-state index contributed by atoms with van der Waals surface area (Å²) in [5, 5.41) is 0. The molecule has 0 atom stereocenters. The lowest BCUT2D eigenvalue weighted by molar-refractivity contribution is 1.21. The molecule has 0 radical (unpaired) electrons. The van der Waals surface area contributed by atoms with Crippen molar-refractivity contribution in [1.82, 2.24) is 4.98 Å². The molecule has 1 heterocycles. The predicted octanol–water partition coefficient (Wildman–Crippen LogP) is 2.58. The molecule has 3 heteroatoms. The van der Waals surface area contributed by atoms with Crippen molar-refractivity contribution in [2.75, 3.05) is 0 Å². The van der Waals surface area contributed by atoms with E-state index in [4.69, 9.17) is 14.3 Å². The molecular formula is C6H5BrClN. The summed E-state index contributed by atoms with van der Waals surface area (Å²) in [5.74, 6) is -1.83. The molecule has 0 aliphatic rings. The van der Waals surface area contributed by atoms with Crippen LogP contribution in [0.1, 0.15) is 8.30 Å². The average Bonchev–Trinajstić information content (AvgIpc) is 1.86. The van der Waals surface area contributed by atoms with Gasteiger partial charge in [-0.25, -0.2) is 4.98 Å². The summed E-state index contributed by atoms with van der Waals surface area (Å²) in [6.07, 6.45) is 1.40. The number of hydrogen-bond acceptors (Lipinski definition) is 1. The molecule has 0 aliphatic heterocycles. The van der Waals surface area contributed by atoms with Gasteiger partial charge in [-0.3, -0.25) is 0 Å². The van der Waals surface area contributed by atoms with E-state index in [1.807, 2.05) is 0 Å². The van der Waals surface area contributed by atoms with Crippen LogP contribution < -0.4 is 0 Å². The van der Waals surface area contributed by atoms with Crippen LogP contribution in [-0.4, -0.2) is 4.98 Å². The van der Waals surface area contributed by atoms with Gasteiger partial charge in [0.05, 0.1) is 0 Å². The van der Waals surface area contributed by atoms with E-state index in [1.165, 1.54) is 6.20 Å². The zero-order chi connectivity index (χ0) is 8.48. The molecule has 0 aromatic carbocycles. The van der Waals surface area contributed by atoms with E-state index in [-0.39, 0.29) is 0 Å². The first kappa shape index (κ1) is 4.69. The topological polar surface area (TPSA) is 12.9 Å². The van der Waals surface area contributed by atoms with E-state index in [0.29, 0.717) is 10.2 Å². The van der Waals surface area contributed by atoms with Gasteiger partial charge in [0.25, 0.3) is 0 Å². The van der Waals surface area contributed by atoms with E-state index in [2.05, 4.69) is 20.9 Å². The molecule has 1 aromatic rings. The molecule has 0 N–H and O–H groups in total. The SMILES string of the molecule is [2H]C([2H])(Cl)c1ccc(Br)nc1. The van der Waals surface area contributed by atoms with Crippen LogP contribution in [0.5, 0.6) is 0 Å². The standard InChI is InChI=1S/C6H5BrClN/c7-6-2-1-5(3-8)4-9-6/h1-2,4H,3H2/i3D2. The molecule has 0 bridgehead atoms. The van der Waals surface area contributed by atoms with Gasteiger partial charge >= 0.3 is 0 Å². The van der Waals surface area contributed by atoms with E-state index in [0.717, 1.165) is 0 Å². The number of pyridine rings is 1. The van der Waals surface area contributed by atoms with Crippen LogP contribution in [0.2, 0.25) is 0 Å². The van der Waals surface area contributed by atoms with E-state index in [1.54, 1.807) is 12.1 Å². The second kappa shape index (κ2) is 3.18. The highest BCUT2D eigenvalue weighted by atomic mass is 79.9. The van der Waals surface area contributed by atoms with Gasteiger partial charge in [-0.1, -0.05) is 6.07 Å². The maximum absolute atomic E-state index is 7.12. The minimum absolute atomic E-state index is 0.363. The largest absolute Gasteiger partial charge is 0.249 e. The summed E-state index contributed by atoms with van der Waals surface area (Å²) in [7, 11) is 0. The molecule has 1 nitrogen and oxygen atoms in total. The zero-order valence-corrected chi connectivity index (χ0v) is 6.78. The molecule has 48 valence electrons. The Kier molecular flexibility index (Phi) is 1.66. The van der Waals surface area contributed by atoms with Gasteiger partial charge in [0, 0.05) is 14.8 Å². The summed E-state index contributed by atoms with van der Waals surface area (Å²) in [5.41, 5.74) is 0.363. The maximum Gasteiger partial charge on any atom is 0.106 e. The van der Waals surface area contributed by atoms with E-state index < -0.39 is 5.83 Å². The second-order valence-electron chi connectivity index (χ2n) is 1.46. The smallest absolute Gasteiger partial charge is 0.106 e. The Labute approximate surface area is 70.0 Å². The fourth-order valence-electron chi connectivity index (χ4n) is 0.432. The molecule has 0 amide bonds. The zero-order valence-electron chi connectivity index (χ0n) is 6.44. The molecule has 0 saturated heterocycles. The molecule has 0 spiro atoms. The second-order valence-corrected chi connectivity index (χ2v) is 2.47. The summed E-state index contributed by atoms with van der Waals surface area (Å²) in [6, 6.07) is 3.24. The predicted molar refractivity (Wildman–Crippen MR) is 41.5 cm³/mol. The Morgan fingerprint density at radius 2 is 2.56 bits per heavy atom. The lowest BCUT2D eigenvalue weighted by Crippen LogP contribution is -1.78. The third kappa shape index (κ3) is 1.95. The number of nitrogens with zero attached hydrogens (tertiary/aromatic N) is 1. The third-order valence-electron chi connectivity index (χ3n) is 0.836. The fourth-order valence-corrected chi connectivity index (χ4v) is 0.778. The number of rotatable bonds is 1. The van der Waals surface area contributed by atoms with Crippen LogP contribution in [0.15, 0.2) is 22.9 Å². The normalized spacial score (nSPS) is 14.4. The minimum Gasteiger partial charge on any atom is -0.249 e. The van der Waals surface area contributed by atoms with Crippen molar-refractivity contribution >= 4 is 27.5 Å².